The summed E-state index contributed by atoms with van der Waals surface area (Å²) < 4.78 is 60.4. The number of carbonyl (C=O) groups is 1. The summed E-state index contributed by atoms with van der Waals surface area (Å²) in [6.07, 6.45) is 3.61. The molecule has 0 aliphatic rings. The monoisotopic (exact) mass is 607 g/mol. The number of pyridine rings is 1. The second kappa shape index (κ2) is 12.8. The highest BCUT2D eigenvalue weighted by molar-refractivity contribution is 7.89. The third-order valence-corrected chi connectivity index (χ3v) is 10.1. The average Bonchev–Trinajstić information content (AvgIpc) is 2.87. The molecule has 0 bridgehead atoms. The molecule has 12 heteroatoms. The molecule has 0 atom stereocenters. The molecule has 1 aromatic heterocycles. The van der Waals surface area contributed by atoms with Gasteiger partial charge in [0.05, 0.1) is 16.2 Å². The van der Waals surface area contributed by atoms with Crippen molar-refractivity contribution < 1.29 is 26.2 Å². The number of aromatic nitrogens is 1. The Hall–Kier alpha value is -2.83. The van der Waals surface area contributed by atoms with Gasteiger partial charge in [0.1, 0.15) is 0 Å². The van der Waals surface area contributed by atoms with Crippen molar-refractivity contribution in [2.45, 2.75) is 51.0 Å². The van der Waals surface area contributed by atoms with Crippen LogP contribution < -0.4 is 5.32 Å². The van der Waals surface area contributed by atoms with E-state index in [9.17, 15) is 21.6 Å². The van der Waals surface area contributed by atoms with Gasteiger partial charge in [-0.3, -0.25) is 14.3 Å². The Balaban J connectivity index is 1.97. The van der Waals surface area contributed by atoms with E-state index >= 15 is 0 Å². The molecule has 2 aromatic carbocycles. The number of rotatable bonds is 12. The van der Waals surface area contributed by atoms with Gasteiger partial charge in [0, 0.05) is 36.9 Å². The topological polar surface area (TPSA) is 134 Å². The standard InChI is InChI=1S/C28H34ClN3O6S2/c1-20-19-30-14-13-24(20)22-8-5-9-23(18-22)28(3,4)32(16-7-12-27(33)31-15-17-39(34,35)36)40(37,38)26-11-6-10-25(29)21(26)2/h5-6,8-11,13-14,18-19H,7,12,15-17H2,1-4H3,(H,31,33)(H,34,35,36). The minimum Gasteiger partial charge on any atom is -0.355 e. The lowest BCUT2D eigenvalue weighted by atomic mass is 9.90. The lowest BCUT2D eigenvalue weighted by molar-refractivity contribution is -0.121. The van der Waals surface area contributed by atoms with Crippen LogP contribution in [0.15, 0.2) is 65.8 Å². The molecule has 0 saturated heterocycles. The summed E-state index contributed by atoms with van der Waals surface area (Å²) in [5.41, 5.74) is 3.02. The molecule has 0 unspecified atom stereocenters. The van der Waals surface area contributed by atoms with Gasteiger partial charge in [-0.25, -0.2) is 8.42 Å². The van der Waals surface area contributed by atoms with Crippen LogP contribution in [0, 0.1) is 13.8 Å². The fourth-order valence-electron chi connectivity index (χ4n) is 4.49. The molecule has 40 heavy (non-hydrogen) atoms. The molecule has 0 radical (unpaired) electrons. The fraction of sp³-hybridized carbons (Fsp3) is 0.357. The zero-order valence-corrected chi connectivity index (χ0v) is 25.3. The zero-order valence-electron chi connectivity index (χ0n) is 22.9. The third-order valence-electron chi connectivity index (χ3n) is 6.76. The summed E-state index contributed by atoms with van der Waals surface area (Å²) in [4.78, 5) is 16.5. The van der Waals surface area contributed by atoms with Gasteiger partial charge in [0.2, 0.25) is 15.9 Å². The van der Waals surface area contributed by atoms with Crippen LogP contribution in [-0.2, 0) is 30.5 Å². The van der Waals surface area contributed by atoms with E-state index in [1.54, 1.807) is 31.5 Å². The maximum absolute atomic E-state index is 14.2. The number of sulfonamides is 1. The Bertz CT molecular complexity index is 1590. The first kappa shape index (κ1) is 31.7. The average molecular weight is 608 g/mol. The molecule has 0 saturated carbocycles. The van der Waals surface area contributed by atoms with Gasteiger partial charge in [0.15, 0.2) is 0 Å². The van der Waals surface area contributed by atoms with Gasteiger partial charge in [-0.15, -0.1) is 0 Å². The first-order valence-corrected chi connectivity index (χ1v) is 16.1. The Labute approximate surface area is 241 Å². The highest BCUT2D eigenvalue weighted by Crippen LogP contribution is 2.37. The summed E-state index contributed by atoms with van der Waals surface area (Å²) in [5, 5.41) is 2.76. The van der Waals surface area contributed by atoms with E-state index in [1.165, 1.54) is 10.4 Å². The van der Waals surface area contributed by atoms with Crippen LogP contribution in [0.4, 0.5) is 0 Å². The molecular weight excluding hydrogens is 574 g/mol. The molecule has 3 rings (SSSR count). The lowest BCUT2D eigenvalue weighted by Gasteiger charge is -2.38. The highest BCUT2D eigenvalue weighted by Gasteiger charge is 2.39. The van der Waals surface area contributed by atoms with E-state index in [0.717, 1.165) is 22.3 Å². The smallest absolute Gasteiger partial charge is 0.266 e. The molecule has 0 fully saturated rings. The van der Waals surface area contributed by atoms with Crippen LogP contribution in [0.25, 0.3) is 11.1 Å². The molecule has 1 amide bonds. The van der Waals surface area contributed by atoms with E-state index in [4.69, 9.17) is 16.2 Å². The number of halogens is 1. The van der Waals surface area contributed by atoms with Crippen molar-refractivity contribution in [1.29, 1.82) is 0 Å². The zero-order chi connectivity index (χ0) is 29.7. The van der Waals surface area contributed by atoms with Gasteiger partial charge in [-0.2, -0.15) is 12.7 Å². The van der Waals surface area contributed by atoms with Crippen LogP contribution >= 0.6 is 11.6 Å². The Morgan fingerprint density at radius 1 is 1.07 bits per heavy atom. The Morgan fingerprint density at radius 3 is 2.45 bits per heavy atom. The molecule has 9 nitrogen and oxygen atoms in total. The van der Waals surface area contributed by atoms with E-state index < -0.39 is 37.3 Å². The minimum absolute atomic E-state index is 0.00547. The van der Waals surface area contributed by atoms with Gasteiger partial charge in [0.25, 0.3) is 10.1 Å². The van der Waals surface area contributed by atoms with Gasteiger partial charge in [-0.1, -0.05) is 35.9 Å². The molecule has 216 valence electrons. The summed E-state index contributed by atoms with van der Waals surface area (Å²) in [6.45, 7) is 7.00. The third kappa shape index (κ3) is 7.67. The van der Waals surface area contributed by atoms with Crippen molar-refractivity contribution in [3.8, 4) is 11.1 Å². The van der Waals surface area contributed by atoms with E-state index in [1.807, 2.05) is 51.1 Å². The minimum atomic E-state index is -4.20. The first-order chi connectivity index (χ1) is 18.6. The summed E-state index contributed by atoms with van der Waals surface area (Å²) in [7, 11) is -8.29. The van der Waals surface area contributed by atoms with Gasteiger partial charge >= 0.3 is 0 Å². The number of amides is 1. The second-order valence-corrected chi connectivity index (χ2v) is 13.8. The molecule has 3 aromatic rings. The quantitative estimate of drug-likeness (QED) is 0.284. The number of hydrogen-bond acceptors (Lipinski definition) is 6. The highest BCUT2D eigenvalue weighted by atomic mass is 35.5. The molecule has 0 spiro atoms. The number of nitrogens with one attached hydrogen (secondary N) is 1. The maximum atomic E-state index is 14.2. The van der Waals surface area contributed by atoms with E-state index in [-0.39, 0.29) is 30.8 Å². The van der Waals surface area contributed by atoms with Gasteiger partial charge in [-0.05, 0) is 86.2 Å². The van der Waals surface area contributed by atoms with Crippen LogP contribution in [0.2, 0.25) is 5.02 Å². The summed E-state index contributed by atoms with van der Waals surface area (Å²) >= 11 is 6.28. The van der Waals surface area contributed by atoms with Crippen molar-refractivity contribution in [1.82, 2.24) is 14.6 Å². The van der Waals surface area contributed by atoms with Crippen molar-refractivity contribution in [2.75, 3.05) is 18.8 Å². The fourth-order valence-corrected chi connectivity index (χ4v) is 7.14. The number of hydrogen-bond donors (Lipinski definition) is 2. The summed E-state index contributed by atoms with van der Waals surface area (Å²) in [6, 6.07) is 14.3. The van der Waals surface area contributed by atoms with Crippen LogP contribution in [0.1, 0.15) is 43.4 Å². The molecule has 0 aliphatic carbocycles. The largest absolute Gasteiger partial charge is 0.355 e. The summed E-state index contributed by atoms with van der Waals surface area (Å²) in [5.74, 6) is -1.05. The number of benzene rings is 2. The lowest BCUT2D eigenvalue weighted by Crippen LogP contribution is -2.46. The predicted molar refractivity (Wildman–Crippen MR) is 156 cm³/mol. The molecular formula is C28H34ClN3O6S2. The Kier molecular flexibility index (Phi) is 10.1. The van der Waals surface area contributed by atoms with Crippen molar-refractivity contribution in [3.63, 3.8) is 0 Å². The normalized spacial score (nSPS) is 12.5. The number of carbonyl (C=O) groups excluding carboxylic acids is 1. The molecule has 2 N–H and O–H groups in total. The molecule has 1 heterocycles. The second-order valence-electron chi connectivity index (χ2n) is 10.0. The number of nitrogens with zero attached hydrogens (tertiary/aromatic N) is 2. The van der Waals surface area contributed by atoms with Crippen molar-refractivity contribution in [2.24, 2.45) is 0 Å². The van der Waals surface area contributed by atoms with Gasteiger partial charge < -0.3 is 5.32 Å². The van der Waals surface area contributed by atoms with Crippen LogP contribution in [0.5, 0.6) is 0 Å². The predicted octanol–water partition coefficient (Wildman–Crippen LogP) is 4.73. The van der Waals surface area contributed by atoms with Crippen molar-refractivity contribution >= 4 is 37.6 Å². The molecule has 0 aliphatic heterocycles. The number of aryl methyl sites for hydroxylation is 1. The van der Waals surface area contributed by atoms with E-state index in [0.29, 0.717) is 10.6 Å². The van der Waals surface area contributed by atoms with Crippen molar-refractivity contribution in [3.05, 3.63) is 82.6 Å². The first-order valence-electron chi connectivity index (χ1n) is 12.7. The van der Waals surface area contributed by atoms with E-state index in [2.05, 4.69) is 10.3 Å². The Morgan fingerprint density at radius 2 is 1.77 bits per heavy atom. The SMILES string of the molecule is Cc1cnccc1-c1cccc(C(C)(C)N(CCCC(=O)NCCS(=O)(=O)O)S(=O)(=O)c2cccc(Cl)c2C)c1. The van der Waals surface area contributed by atoms with Crippen LogP contribution in [0.3, 0.4) is 0 Å². The van der Waals surface area contributed by atoms with Crippen LogP contribution in [-0.4, -0.2) is 55.4 Å². The maximum Gasteiger partial charge on any atom is 0.266 e.